The third-order valence-corrected chi connectivity index (χ3v) is 3.74. The van der Waals surface area contributed by atoms with E-state index in [0.717, 1.165) is 38.3 Å². The number of allylic oxidation sites excluding steroid dienone is 1. The Labute approximate surface area is 143 Å². The van der Waals surface area contributed by atoms with Gasteiger partial charge in [-0.25, -0.2) is 4.98 Å². The lowest BCUT2D eigenvalue weighted by Crippen LogP contribution is -2.40. The van der Waals surface area contributed by atoms with Crippen molar-refractivity contribution >= 4 is 41.3 Å². The first-order chi connectivity index (χ1) is 9.17. The van der Waals surface area contributed by atoms with Crippen molar-refractivity contribution in [2.75, 3.05) is 27.2 Å². The van der Waals surface area contributed by atoms with Crippen LogP contribution >= 0.6 is 35.3 Å². The molecule has 0 bridgehead atoms. The Bertz CT molecular complexity index is 417. The molecule has 0 unspecified atom stereocenters. The molecule has 0 radical (unpaired) electrons. The minimum absolute atomic E-state index is 0. The molecule has 1 rings (SSSR count). The van der Waals surface area contributed by atoms with E-state index in [1.54, 1.807) is 11.3 Å². The molecule has 0 aliphatic carbocycles. The molecule has 0 saturated carbocycles. The van der Waals surface area contributed by atoms with Crippen molar-refractivity contribution < 1.29 is 0 Å². The van der Waals surface area contributed by atoms with Gasteiger partial charge in [-0.2, -0.15) is 0 Å². The predicted octanol–water partition coefficient (Wildman–Crippen LogP) is 3.09. The van der Waals surface area contributed by atoms with Gasteiger partial charge >= 0.3 is 0 Å². The zero-order chi connectivity index (χ0) is 14.1. The zero-order valence-corrected chi connectivity index (χ0v) is 15.7. The number of halogens is 1. The second kappa shape index (κ2) is 11.1. The van der Waals surface area contributed by atoms with Gasteiger partial charge in [0.25, 0.3) is 0 Å². The maximum atomic E-state index is 4.36. The quantitative estimate of drug-likeness (QED) is 0.248. The number of unbranched alkanes of at least 4 members (excludes halogenated alkanes) is 1. The molecule has 6 heteroatoms. The van der Waals surface area contributed by atoms with Gasteiger partial charge in [-0.05, 0) is 19.8 Å². The van der Waals surface area contributed by atoms with Crippen LogP contribution in [0.15, 0.2) is 23.8 Å². The molecule has 0 atom stereocenters. The smallest absolute Gasteiger partial charge is 0.193 e. The summed E-state index contributed by atoms with van der Waals surface area (Å²) in [5.41, 5.74) is 0. The predicted molar refractivity (Wildman–Crippen MR) is 99.4 cm³/mol. The van der Waals surface area contributed by atoms with Crippen molar-refractivity contribution in [1.29, 1.82) is 0 Å². The van der Waals surface area contributed by atoms with Crippen LogP contribution in [-0.2, 0) is 6.42 Å². The average molecular weight is 408 g/mol. The molecule has 1 aromatic rings. The van der Waals surface area contributed by atoms with Gasteiger partial charge in [-0.15, -0.1) is 41.9 Å². The lowest BCUT2D eigenvalue weighted by Gasteiger charge is -2.21. The van der Waals surface area contributed by atoms with Crippen molar-refractivity contribution in [1.82, 2.24) is 15.2 Å². The SMILES string of the molecule is C=CCCCN(C)C(=NC)NCCc1ncc(C)s1.I. The minimum atomic E-state index is 0. The largest absolute Gasteiger partial charge is 0.356 e. The number of rotatable bonds is 7. The first-order valence-electron chi connectivity index (χ1n) is 6.61. The standard InChI is InChI=1S/C14H24N4S.HI/c1-5-6-7-10-18(4)14(15-3)16-9-8-13-17-11-12(2)19-13;/h5,11H,1,6-10H2,2-4H3,(H,15,16);1H. The molecular weight excluding hydrogens is 383 g/mol. The van der Waals surface area contributed by atoms with Crippen LogP contribution < -0.4 is 5.32 Å². The van der Waals surface area contributed by atoms with Crippen molar-refractivity contribution in [3.05, 3.63) is 28.7 Å². The molecule has 0 aliphatic rings. The molecule has 114 valence electrons. The normalized spacial score (nSPS) is 10.8. The summed E-state index contributed by atoms with van der Waals surface area (Å²) in [7, 11) is 3.88. The maximum absolute atomic E-state index is 4.36. The minimum Gasteiger partial charge on any atom is -0.356 e. The molecule has 0 fully saturated rings. The highest BCUT2D eigenvalue weighted by molar-refractivity contribution is 14.0. The third-order valence-electron chi connectivity index (χ3n) is 2.77. The van der Waals surface area contributed by atoms with Gasteiger partial charge in [0.1, 0.15) is 0 Å². The summed E-state index contributed by atoms with van der Waals surface area (Å²) in [5, 5.41) is 4.55. The number of nitrogens with zero attached hydrogens (tertiary/aromatic N) is 3. The van der Waals surface area contributed by atoms with Crippen LogP contribution in [0, 0.1) is 6.92 Å². The van der Waals surface area contributed by atoms with E-state index >= 15 is 0 Å². The third kappa shape index (κ3) is 7.23. The Balaban J connectivity index is 0.00000361. The zero-order valence-electron chi connectivity index (χ0n) is 12.6. The first-order valence-corrected chi connectivity index (χ1v) is 7.43. The molecule has 4 nitrogen and oxygen atoms in total. The van der Waals surface area contributed by atoms with Crippen LogP contribution in [0.25, 0.3) is 0 Å². The van der Waals surface area contributed by atoms with Gasteiger partial charge < -0.3 is 10.2 Å². The topological polar surface area (TPSA) is 40.5 Å². The average Bonchev–Trinajstić information content (AvgIpc) is 2.80. The van der Waals surface area contributed by atoms with E-state index in [2.05, 4.69) is 40.7 Å². The summed E-state index contributed by atoms with van der Waals surface area (Å²) < 4.78 is 0. The van der Waals surface area contributed by atoms with Gasteiger partial charge in [0.15, 0.2) is 5.96 Å². The fourth-order valence-corrected chi connectivity index (χ4v) is 2.55. The van der Waals surface area contributed by atoms with Gasteiger partial charge in [0.05, 0.1) is 5.01 Å². The van der Waals surface area contributed by atoms with E-state index in [-0.39, 0.29) is 24.0 Å². The monoisotopic (exact) mass is 408 g/mol. The molecule has 1 aromatic heterocycles. The summed E-state index contributed by atoms with van der Waals surface area (Å²) in [5.74, 6) is 0.942. The summed E-state index contributed by atoms with van der Waals surface area (Å²) in [6.45, 7) is 7.68. The Morgan fingerprint density at radius 2 is 2.35 bits per heavy atom. The van der Waals surface area contributed by atoms with E-state index in [4.69, 9.17) is 0 Å². The van der Waals surface area contributed by atoms with Crippen LogP contribution in [0.5, 0.6) is 0 Å². The van der Waals surface area contributed by atoms with Crippen LogP contribution in [0.3, 0.4) is 0 Å². The van der Waals surface area contributed by atoms with Gasteiger partial charge in [-0.1, -0.05) is 6.08 Å². The van der Waals surface area contributed by atoms with Crippen molar-refractivity contribution in [3.63, 3.8) is 0 Å². The number of hydrogen-bond donors (Lipinski definition) is 1. The number of nitrogens with one attached hydrogen (secondary N) is 1. The molecule has 1 heterocycles. The molecule has 0 aromatic carbocycles. The van der Waals surface area contributed by atoms with E-state index in [1.165, 1.54) is 9.88 Å². The first kappa shape index (κ1) is 19.4. The Hall–Kier alpha value is -0.630. The molecule has 0 amide bonds. The van der Waals surface area contributed by atoms with Crippen molar-refractivity contribution in [2.24, 2.45) is 4.99 Å². The van der Waals surface area contributed by atoms with Crippen LogP contribution in [0.1, 0.15) is 22.7 Å². The number of thiazole rings is 1. The molecule has 0 spiro atoms. The number of hydrogen-bond acceptors (Lipinski definition) is 3. The van der Waals surface area contributed by atoms with Crippen LogP contribution in [0.4, 0.5) is 0 Å². The Morgan fingerprint density at radius 3 is 2.90 bits per heavy atom. The summed E-state index contributed by atoms with van der Waals surface area (Å²) in [6, 6.07) is 0. The fourth-order valence-electron chi connectivity index (χ4n) is 1.76. The van der Waals surface area contributed by atoms with Gasteiger partial charge in [-0.3, -0.25) is 4.99 Å². The number of aliphatic imine (C=N–C) groups is 1. The molecule has 0 saturated heterocycles. The van der Waals surface area contributed by atoms with E-state index in [1.807, 2.05) is 19.3 Å². The number of aromatic nitrogens is 1. The highest BCUT2D eigenvalue weighted by Crippen LogP contribution is 2.10. The van der Waals surface area contributed by atoms with Gasteiger partial charge in [0, 0.05) is 44.7 Å². The van der Waals surface area contributed by atoms with E-state index in [9.17, 15) is 0 Å². The van der Waals surface area contributed by atoms with Crippen molar-refractivity contribution in [3.8, 4) is 0 Å². The number of aryl methyl sites for hydroxylation is 1. The maximum Gasteiger partial charge on any atom is 0.193 e. The lowest BCUT2D eigenvalue weighted by atomic mass is 10.3. The Kier molecular flexibility index (Phi) is 10.7. The second-order valence-electron chi connectivity index (χ2n) is 4.44. The molecular formula is C14H25IN4S. The van der Waals surface area contributed by atoms with Crippen LogP contribution in [-0.4, -0.2) is 43.0 Å². The number of guanidine groups is 1. The fraction of sp³-hybridized carbons (Fsp3) is 0.571. The van der Waals surface area contributed by atoms with E-state index in [0.29, 0.717) is 0 Å². The lowest BCUT2D eigenvalue weighted by molar-refractivity contribution is 0.470. The Morgan fingerprint density at radius 1 is 1.60 bits per heavy atom. The van der Waals surface area contributed by atoms with Crippen molar-refractivity contribution in [2.45, 2.75) is 26.2 Å². The summed E-state index contributed by atoms with van der Waals surface area (Å²) in [6.07, 6.45) is 6.97. The second-order valence-corrected chi connectivity index (χ2v) is 5.76. The summed E-state index contributed by atoms with van der Waals surface area (Å²) >= 11 is 1.76. The van der Waals surface area contributed by atoms with Crippen LogP contribution in [0.2, 0.25) is 0 Å². The molecule has 20 heavy (non-hydrogen) atoms. The molecule has 1 N–H and O–H groups in total. The highest BCUT2D eigenvalue weighted by atomic mass is 127. The molecule has 0 aliphatic heterocycles. The highest BCUT2D eigenvalue weighted by Gasteiger charge is 2.05. The van der Waals surface area contributed by atoms with E-state index < -0.39 is 0 Å². The summed E-state index contributed by atoms with van der Waals surface area (Å²) in [4.78, 5) is 12.1. The van der Waals surface area contributed by atoms with Gasteiger partial charge in [0.2, 0.25) is 0 Å².